The number of hydrogen-bond donors (Lipinski definition) is 1. The molecule has 0 aromatic heterocycles. The average molecular weight is 394 g/mol. The lowest BCUT2D eigenvalue weighted by Gasteiger charge is -2.28. The van der Waals surface area contributed by atoms with E-state index < -0.39 is 27.8 Å². The summed E-state index contributed by atoms with van der Waals surface area (Å²) in [6.45, 7) is 4.15. The number of nitrogens with one attached hydrogen (secondary N) is 1. The van der Waals surface area contributed by atoms with Crippen molar-refractivity contribution in [3.8, 4) is 5.75 Å². The Morgan fingerprint density at radius 2 is 1.89 bits per heavy atom. The molecule has 1 atom stereocenters. The summed E-state index contributed by atoms with van der Waals surface area (Å²) < 4.78 is 44.1. The number of ether oxygens (including phenoxy) is 1. The highest BCUT2D eigenvalue weighted by atomic mass is 32.2. The van der Waals surface area contributed by atoms with Gasteiger partial charge in [0.15, 0.2) is 0 Å². The second-order valence-corrected chi connectivity index (χ2v) is 7.87. The van der Waals surface area contributed by atoms with Gasteiger partial charge < -0.3 is 10.1 Å². The van der Waals surface area contributed by atoms with Crippen molar-refractivity contribution < 1.29 is 22.3 Å². The lowest BCUT2D eigenvalue weighted by Crippen LogP contribution is -2.47. The minimum atomic E-state index is -3.78. The molecule has 0 unspecified atom stereocenters. The van der Waals surface area contributed by atoms with Crippen LogP contribution in [0.2, 0.25) is 0 Å². The van der Waals surface area contributed by atoms with Crippen LogP contribution in [0.5, 0.6) is 5.75 Å². The quantitative estimate of drug-likeness (QED) is 0.747. The van der Waals surface area contributed by atoms with E-state index in [1.165, 1.54) is 25.1 Å². The Bertz CT molecular complexity index is 885. The highest BCUT2D eigenvalue weighted by Gasteiger charge is 2.29. The first-order valence-corrected chi connectivity index (χ1v) is 10.3. The van der Waals surface area contributed by atoms with Gasteiger partial charge >= 0.3 is 0 Å². The first-order chi connectivity index (χ1) is 12.7. The minimum Gasteiger partial charge on any atom is -0.494 e. The Morgan fingerprint density at radius 3 is 2.44 bits per heavy atom. The normalized spacial score (nSPS) is 12.3. The Kier molecular flexibility index (Phi) is 6.79. The fourth-order valence-corrected chi connectivity index (χ4v) is 3.80. The summed E-state index contributed by atoms with van der Waals surface area (Å²) >= 11 is 0. The van der Waals surface area contributed by atoms with Crippen LogP contribution < -0.4 is 14.4 Å². The van der Waals surface area contributed by atoms with Gasteiger partial charge in [-0.25, -0.2) is 12.8 Å². The first-order valence-electron chi connectivity index (χ1n) is 8.46. The standard InChI is InChI=1S/C19H23FN2O4S/c1-4-26-18-10-8-15(9-11-18)13-21-19(23)14(2)22(27(3,24)25)17-7-5-6-16(20)12-17/h5-12,14H,4,13H2,1-3H3,(H,21,23)/t14-/m1/s1. The second kappa shape index (κ2) is 8.85. The largest absolute Gasteiger partial charge is 0.494 e. The Morgan fingerprint density at radius 1 is 1.22 bits per heavy atom. The smallest absolute Gasteiger partial charge is 0.243 e. The van der Waals surface area contributed by atoms with Crippen LogP contribution in [0.15, 0.2) is 48.5 Å². The SMILES string of the molecule is CCOc1ccc(CNC(=O)[C@@H](C)N(c2cccc(F)c2)S(C)(=O)=O)cc1. The molecule has 0 aliphatic rings. The predicted molar refractivity (Wildman–Crippen MR) is 103 cm³/mol. The zero-order valence-corrected chi connectivity index (χ0v) is 16.3. The van der Waals surface area contributed by atoms with Gasteiger partial charge in [0.1, 0.15) is 17.6 Å². The molecule has 0 bridgehead atoms. The summed E-state index contributed by atoms with van der Waals surface area (Å²) in [7, 11) is -3.78. The molecular formula is C19H23FN2O4S. The number of hydrogen-bond acceptors (Lipinski definition) is 4. The van der Waals surface area contributed by atoms with E-state index in [1.807, 2.05) is 19.1 Å². The summed E-state index contributed by atoms with van der Waals surface area (Å²) in [5, 5.41) is 2.71. The number of nitrogens with zero attached hydrogens (tertiary/aromatic N) is 1. The molecule has 0 aliphatic heterocycles. The fourth-order valence-electron chi connectivity index (χ4n) is 2.63. The molecule has 0 heterocycles. The number of carbonyl (C=O) groups is 1. The molecule has 2 aromatic rings. The summed E-state index contributed by atoms with van der Waals surface area (Å²) in [4.78, 5) is 12.5. The summed E-state index contributed by atoms with van der Waals surface area (Å²) in [6.07, 6.45) is 0.980. The summed E-state index contributed by atoms with van der Waals surface area (Å²) in [5.41, 5.74) is 0.942. The molecule has 0 saturated heterocycles. The van der Waals surface area contributed by atoms with Crippen molar-refractivity contribution in [1.29, 1.82) is 0 Å². The molecule has 1 amide bonds. The lowest BCUT2D eigenvalue weighted by molar-refractivity contribution is -0.122. The lowest BCUT2D eigenvalue weighted by atomic mass is 10.2. The number of sulfonamides is 1. The third kappa shape index (κ3) is 5.68. The van der Waals surface area contributed by atoms with Crippen molar-refractivity contribution >= 4 is 21.6 Å². The van der Waals surface area contributed by atoms with Gasteiger partial charge in [0.05, 0.1) is 18.6 Å². The van der Waals surface area contributed by atoms with Gasteiger partial charge in [-0.3, -0.25) is 9.10 Å². The molecule has 6 nitrogen and oxygen atoms in total. The molecule has 0 radical (unpaired) electrons. The molecule has 146 valence electrons. The van der Waals surface area contributed by atoms with Gasteiger partial charge in [-0.05, 0) is 49.7 Å². The number of benzene rings is 2. The molecule has 2 aromatic carbocycles. The van der Waals surface area contributed by atoms with Gasteiger partial charge in [0, 0.05) is 6.54 Å². The van der Waals surface area contributed by atoms with Crippen LogP contribution in [-0.2, 0) is 21.4 Å². The van der Waals surface area contributed by atoms with Crippen molar-refractivity contribution in [2.24, 2.45) is 0 Å². The van der Waals surface area contributed by atoms with Crippen LogP contribution in [0, 0.1) is 5.82 Å². The van der Waals surface area contributed by atoms with Crippen LogP contribution in [0.3, 0.4) is 0 Å². The molecule has 2 rings (SSSR count). The number of anilines is 1. The van der Waals surface area contributed by atoms with Gasteiger partial charge in [-0.2, -0.15) is 0 Å². The van der Waals surface area contributed by atoms with E-state index in [0.717, 1.165) is 27.9 Å². The van der Waals surface area contributed by atoms with E-state index in [0.29, 0.717) is 6.61 Å². The van der Waals surface area contributed by atoms with Crippen LogP contribution in [0.1, 0.15) is 19.4 Å². The van der Waals surface area contributed by atoms with Crippen LogP contribution in [0.4, 0.5) is 10.1 Å². The Labute approximate surface area is 159 Å². The van der Waals surface area contributed by atoms with E-state index >= 15 is 0 Å². The topological polar surface area (TPSA) is 75.7 Å². The third-order valence-corrected chi connectivity index (χ3v) is 5.09. The van der Waals surface area contributed by atoms with E-state index in [1.54, 1.807) is 12.1 Å². The van der Waals surface area contributed by atoms with Crippen molar-refractivity contribution in [3.05, 3.63) is 59.9 Å². The molecular weight excluding hydrogens is 371 g/mol. The predicted octanol–water partition coefficient (Wildman–Crippen LogP) is 2.70. The van der Waals surface area contributed by atoms with Crippen molar-refractivity contribution in [3.63, 3.8) is 0 Å². The van der Waals surface area contributed by atoms with Crippen LogP contribution in [0.25, 0.3) is 0 Å². The van der Waals surface area contributed by atoms with Gasteiger partial charge in [-0.1, -0.05) is 18.2 Å². The number of rotatable bonds is 8. The van der Waals surface area contributed by atoms with E-state index in [9.17, 15) is 17.6 Å². The fraction of sp³-hybridized carbons (Fsp3) is 0.316. The molecule has 0 aliphatic carbocycles. The van der Waals surface area contributed by atoms with E-state index in [-0.39, 0.29) is 12.2 Å². The summed E-state index contributed by atoms with van der Waals surface area (Å²) in [5.74, 6) is -0.336. The Hall–Kier alpha value is -2.61. The maximum atomic E-state index is 13.5. The molecule has 0 saturated carbocycles. The number of carbonyl (C=O) groups excluding carboxylic acids is 1. The average Bonchev–Trinajstić information content (AvgIpc) is 2.60. The molecule has 8 heteroatoms. The molecule has 1 N–H and O–H groups in total. The summed E-state index contributed by atoms with van der Waals surface area (Å²) in [6, 6.07) is 11.3. The highest BCUT2D eigenvalue weighted by molar-refractivity contribution is 7.92. The van der Waals surface area contributed by atoms with Gasteiger partial charge in [-0.15, -0.1) is 0 Å². The van der Waals surface area contributed by atoms with E-state index in [4.69, 9.17) is 4.74 Å². The van der Waals surface area contributed by atoms with Crippen LogP contribution in [-0.4, -0.2) is 33.2 Å². The third-order valence-electron chi connectivity index (χ3n) is 3.85. The second-order valence-electron chi connectivity index (χ2n) is 6.01. The van der Waals surface area contributed by atoms with Gasteiger partial charge in [0.2, 0.25) is 15.9 Å². The number of amides is 1. The highest BCUT2D eigenvalue weighted by Crippen LogP contribution is 2.21. The van der Waals surface area contributed by atoms with E-state index in [2.05, 4.69) is 5.32 Å². The molecule has 0 spiro atoms. The number of halogens is 1. The molecule has 27 heavy (non-hydrogen) atoms. The zero-order chi connectivity index (χ0) is 20.0. The maximum Gasteiger partial charge on any atom is 0.243 e. The minimum absolute atomic E-state index is 0.0983. The molecule has 0 fully saturated rings. The van der Waals surface area contributed by atoms with Crippen LogP contribution >= 0.6 is 0 Å². The first kappa shape index (κ1) is 20.7. The Balaban J connectivity index is 2.11. The van der Waals surface area contributed by atoms with Crippen molar-refractivity contribution in [2.75, 3.05) is 17.2 Å². The monoisotopic (exact) mass is 394 g/mol. The zero-order valence-electron chi connectivity index (χ0n) is 15.5. The van der Waals surface area contributed by atoms with Crippen molar-refractivity contribution in [1.82, 2.24) is 5.32 Å². The van der Waals surface area contributed by atoms with Gasteiger partial charge in [0.25, 0.3) is 0 Å². The van der Waals surface area contributed by atoms with Crippen molar-refractivity contribution in [2.45, 2.75) is 26.4 Å². The maximum absolute atomic E-state index is 13.5.